The van der Waals surface area contributed by atoms with E-state index < -0.39 is 9.84 Å². The van der Waals surface area contributed by atoms with Crippen LogP contribution in [0.2, 0.25) is 0 Å². The average Bonchev–Trinajstić information content (AvgIpc) is 3.15. The molecule has 1 N–H and O–H groups in total. The first-order chi connectivity index (χ1) is 11.4. The molecule has 0 radical (unpaired) electrons. The quantitative estimate of drug-likeness (QED) is 0.891. The molecule has 3 rings (SSSR count). The summed E-state index contributed by atoms with van der Waals surface area (Å²) in [5.74, 6) is 0. The molecule has 132 valence electrons. The van der Waals surface area contributed by atoms with Crippen LogP contribution < -0.4 is 0 Å². The summed E-state index contributed by atoms with van der Waals surface area (Å²) in [6.45, 7) is 6.67. The number of piperidine rings is 1. The van der Waals surface area contributed by atoms with Crippen LogP contribution in [0.5, 0.6) is 0 Å². The number of sulfone groups is 1. The molecular formula is C16H25N5O2S. The highest BCUT2D eigenvalue weighted by Gasteiger charge is 2.30. The third-order valence-electron chi connectivity index (χ3n) is 4.72. The third kappa shape index (κ3) is 3.39. The zero-order valence-electron chi connectivity index (χ0n) is 14.5. The fourth-order valence-corrected chi connectivity index (χ4v) is 4.25. The molecule has 24 heavy (non-hydrogen) atoms. The molecule has 0 amide bonds. The SMILES string of the molecule is CCn1cc(CN2CCCC[C@H]2c2[nH]ncc2S(C)(=O)=O)c(C)n1. The van der Waals surface area contributed by atoms with E-state index in [9.17, 15) is 8.42 Å². The maximum atomic E-state index is 12.0. The highest BCUT2D eigenvalue weighted by atomic mass is 32.2. The van der Waals surface area contributed by atoms with Crippen LogP contribution in [0, 0.1) is 6.92 Å². The van der Waals surface area contributed by atoms with Crippen LogP contribution in [0.25, 0.3) is 0 Å². The topological polar surface area (TPSA) is 83.9 Å². The molecule has 7 nitrogen and oxygen atoms in total. The fourth-order valence-electron chi connectivity index (χ4n) is 3.42. The van der Waals surface area contributed by atoms with Crippen LogP contribution >= 0.6 is 0 Å². The average molecular weight is 351 g/mol. The zero-order chi connectivity index (χ0) is 17.3. The van der Waals surface area contributed by atoms with Crippen molar-refractivity contribution in [2.24, 2.45) is 0 Å². The van der Waals surface area contributed by atoms with Crippen molar-refractivity contribution in [2.45, 2.75) is 57.1 Å². The van der Waals surface area contributed by atoms with Crippen molar-refractivity contribution in [2.75, 3.05) is 12.8 Å². The third-order valence-corrected chi connectivity index (χ3v) is 5.85. The number of rotatable bonds is 5. The van der Waals surface area contributed by atoms with E-state index in [0.717, 1.165) is 50.3 Å². The summed E-state index contributed by atoms with van der Waals surface area (Å²) in [6.07, 6.45) is 7.91. The highest BCUT2D eigenvalue weighted by Crippen LogP contribution is 2.34. The van der Waals surface area contributed by atoms with Crippen molar-refractivity contribution in [1.29, 1.82) is 0 Å². The van der Waals surface area contributed by atoms with Gasteiger partial charge in [0.15, 0.2) is 9.84 Å². The van der Waals surface area contributed by atoms with E-state index in [1.165, 1.54) is 18.0 Å². The van der Waals surface area contributed by atoms with Gasteiger partial charge in [0.25, 0.3) is 0 Å². The standard InChI is InChI=1S/C16H25N5O2S/c1-4-21-11-13(12(2)19-21)10-20-8-6-5-7-14(20)16-15(9-17-18-16)24(3,22)23/h9,11,14H,4-8,10H2,1-3H3,(H,17,18)/t14-/m0/s1. The first kappa shape index (κ1) is 17.2. The van der Waals surface area contributed by atoms with Crippen molar-refractivity contribution in [3.63, 3.8) is 0 Å². The maximum Gasteiger partial charge on any atom is 0.178 e. The van der Waals surface area contributed by atoms with Crippen LogP contribution in [0.3, 0.4) is 0 Å². The number of hydrogen-bond donors (Lipinski definition) is 1. The Morgan fingerprint density at radius 3 is 2.83 bits per heavy atom. The van der Waals surface area contributed by atoms with E-state index in [1.54, 1.807) is 0 Å². The van der Waals surface area contributed by atoms with Crippen LogP contribution in [-0.2, 0) is 22.9 Å². The number of nitrogens with zero attached hydrogens (tertiary/aromatic N) is 4. The molecule has 0 aromatic carbocycles. The smallest absolute Gasteiger partial charge is 0.178 e. The predicted molar refractivity (Wildman–Crippen MR) is 91.3 cm³/mol. The van der Waals surface area contributed by atoms with Gasteiger partial charge < -0.3 is 0 Å². The lowest BCUT2D eigenvalue weighted by Gasteiger charge is -2.35. The van der Waals surface area contributed by atoms with Crippen LogP contribution in [0.1, 0.15) is 49.2 Å². The summed E-state index contributed by atoms with van der Waals surface area (Å²) in [7, 11) is -3.28. The number of aromatic amines is 1. The lowest BCUT2D eigenvalue weighted by molar-refractivity contribution is 0.135. The molecule has 1 aliphatic heterocycles. The molecule has 2 aromatic rings. The second kappa shape index (κ2) is 6.68. The molecule has 0 bridgehead atoms. The predicted octanol–water partition coefficient (Wildman–Crippen LogP) is 2.07. The largest absolute Gasteiger partial charge is 0.290 e. The summed E-state index contributed by atoms with van der Waals surface area (Å²) < 4.78 is 26.0. The Balaban J connectivity index is 1.89. The highest BCUT2D eigenvalue weighted by molar-refractivity contribution is 7.90. The van der Waals surface area contributed by atoms with E-state index in [2.05, 4.69) is 33.3 Å². The van der Waals surface area contributed by atoms with Gasteiger partial charge in [0.2, 0.25) is 0 Å². The first-order valence-corrected chi connectivity index (χ1v) is 10.3. The lowest BCUT2D eigenvalue weighted by atomic mass is 9.98. The van der Waals surface area contributed by atoms with E-state index >= 15 is 0 Å². The van der Waals surface area contributed by atoms with Gasteiger partial charge in [0.05, 0.1) is 23.6 Å². The molecule has 0 unspecified atom stereocenters. The van der Waals surface area contributed by atoms with Crippen molar-refractivity contribution in [3.8, 4) is 0 Å². The molecule has 3 heterocycles. The van der Waals surface area contributed by atoms with Gasteiger partial charge in [-0.2, -0.15) is 10.2 Å². The van der Waals surface area contributed by atoms with Gasteiger partial charge in [-0.05, 0) is 33.2 Å². The van der Waals surface area contributed by atoms with Gasteiger partial charge in [-0.15, -0.1) is 0 Å². The maximum absolute atomic E-state index is 12.0. The summed E-state index contributed by atoms with van der Waals surface area (Å²) in [5, 5.41) is 11.4. The summed E-state index contributed by atoms with van der Waals surface area (Å²) >= 11 is 0. The Morgan fingerprint density at radius 2 is 2.17 bits per heavy atom. The zero-order valence-corrected chi connectivity index (χ0v) is 15.3. The van der Waals surface area contributed by atoms with E-state index in [1.807, 2.05) is 11.6 Å². The van der Waals surface area contributed by atoms with Crippen molar-refractivity contribution in [3.05, 3.63) is 29.3 Å². The Kier molecular flexibility index (Phi) is 4.78. The molecule has 8 heteroatoms. The van der Waals surface area contributed by atoms with E-state index in [0.29, 0.717) is 4.90 Å². The minimum absolute atomic E-state index is 0.0513. The van der Waals surface area contributed by atoms with Gasteiger partial charge in [0.1, 0.15) is 4.90 Å². The number of nitrogens with one attached hydrogen (secondary N) is 1. The van der Waals surface area contributed by atoms with E-state index in [-0.39, 0.29) is 6.04 Å². The molecule has 0 spiro atoms. The number of hydrogen-bond acceptors (Lipinski definition) is 5. The molecule has 1 saturated heterocycles. The molecule has 1 atom stereocenters. The monoisotopic (exact) mass is 351 g/mol. The number of likely N-dealkylation sites (tertiary alicyclic amines) is 1. The van der Waals surface area contributed by atoms with E-state index in [4.69, 9.17) is 0 Å². The Bertz CT molecular complexity index is 808. The Hall–Kier alpha value is -1.67. The first-order valence-electron chi connectivity index (χ1n) is 8.40. The molecule has 0 aliphatic carbocycles. The molecule has 0 saturated carbocycles. The minimum Gasteiger partial charge on any atom is -0.290 e. The van der Waals surface area contributed by atoms with Gasteiger partial charge in [-0.1, -0.05) is 6.42 Å². The van der Waals surface area contributed by atoms with Crippen molar-refractivity contribution < 1.29 is 8.42 Å². The van der Waals surface area contributed by atoms with Gasteiger partial charge in [-0.25, -0.2) is 8.42 Å². The summed E-state index contributed by atoms with van der Waals surface area (Å²) in [5.41, 5.74) is 2.95. The number of aromatic nitrogens is 4. The number of aryl methyl sites for hydroxylation is 2. The molecular weight excluding hydrogens is 326 g/mol. The summed E-state index contributed by atoms with van der Waals surface area (Å²) in [6, 6.07) is 0.0513. The lowest BCUT2D eigenvalue weighted by Crippen LogP contribution is -2.34. The second-order valence-electron chi connectivity index (χ2n) is 6.50. The van der Waals surface area contributed by atoms with Gasteiger partial charge in [0, 0.05) is 31.1 Å². The fraction of sp³-hybridized carbons (Fsp3) is 0.625. The Labute approximate surface area is 143 Å². The second-order valence-corrected chi connectivity index (χ2v) is 8.48. The van der Waals surface area contributed by atoms with Crippen LogP contribution in [-0.4, -0.2) is 46.1 Å². The van der Waals surface area contributed by atoms with Crippen LogP contribution in [0.4, 0.5) is 0 Å². The normalized spacial score (nSPS) is 19.7. The van der Waals surface area contributed by atoms with Crippen LogP contribution in [0.15, 0.2) is 17.3 Å². The van der Waals surface area contributed by atoms with Crippen molar-refractivity contribution >= 4 is 9.84 Å². The van der Waals surface area contributed by atoms with Gasteiger partial charge in [-0.3, -0.25) is 14.7 Å². The minimum atomic E-state index is -3.28. The van der Waals surface area contributed by atoms with Gasteiger partial charge >= 0.3 is 0 Å². The summed E-state index contributed by atoms with van der Waals surface area (Å²) in [4.78, 5) is 2.66. The molecule has 1 fully saturated rings. The Morgan fingerprint density at radius 1 is 1.38 bits per heavy atom. The number of H-pyrrole nitrogens is 1. The molecule has 1 aliphatic rings. The van der Waals surface area contributed by atoms with Crippen molar-refractivity contribution in [1.82, 2.24) is 24.9 Å². The molecule has 2 aromatic heterocycles.